The fraction of sp³-hybridized carbons (Fsp3) is 0.800. The molecule has 84 valence electrons. The molecule has 0 unspecified atom stereocenters. The summed E-state index contributed by atoms with van der Waals surface area (Å²) >= 11 is 0. The number of ether oxygens (including phenoxy) is 4. The molecule has 4 nitrogen and oxygen atoms in total. The van der Waals surface area contributed by atoms with E-state index in [-0.39, 0.29) is 6.79 Å². The molecule has 0 N–H and O–H groups in total. The molecule has 0 fully saturated rings. The summed E-state index contributed by atoms with van der Waals surface area (Å²) in [5.74, 6) is 1.13. The van der Waals surface area contributed by atoms with Gasteiger partial charge >= 0.3 is 5.95 Å². The molecule has 0 aromatic heterocycles. The number of methoxy groups -OCH3 is 3. The Morgan fingerprint density at radius 3 is 2.21 bits per heavy atom. The maximum atomic E-state index is 5.20. The second kappa shape index (κ2) is 8.69. The maximum absolute atomic E-state index is 5.20. The first-order chi connectivity index (χ1) is 6.79. The number of allylic oxidation sites excluding steroid dienone is 1. The van der Waals surface area contributed by atoms with Crippen molar-refractivity contribution in [3.63, 3.8) is 0 Å². The molecule has 14 heavy (non-hydrogen) atoms. The second-order valence-electron chi connectivity index (χ2n) is 2.77. The van der Waals surface area contributed by atoms with Gasteiger partial charge < -0.3 is 18.9 Å². The van der Waals surface area contributed by atoms with Crippen molar-refractivity contribution in [2.24, 2.45) is 0 Å². The Balaban J connectivity index is 4.22. The minimum absolute atomic E-state index is 0.169. The zero-order valence-corrected chi connectivity index (χ0v) is 9.46. The summed E-state index contributed by atoms with van der Waals surface area (Å²) in [6, 6.07) is 0. The summed E-state index contributed by atoms with van der Waals surface area (Å²) in [7, 11) is 4.72. The molecule has 0 bridgehead atoms. The van der Waals surface area contributed by atoms with Crippen LogP contribution in [0.2, 0.25) is 0 Å². The van der Waals surface area contributed by atoms with Gasteiger partial charge in [0.1, 0.15) is 0 Å². The average Bonchev–Trinajstić information content (AvgIpc) is 2.23. The molecule has 4 heteroatoms. The lowest BCUT2D eigenvalue weighted by atomic mass is 10.2. The lowest BCUT2D eigenvalue weighted by molar-refractivity contribution is -0.0569. The van der Waals surface area contributed by atoms with Gasteiger partial charge in [0.25, 0.3) is 0 Å². The van der Waals surface area contributed by atoms with E-state index < -0.39 is 0 Å². The quantitative estimate of drug-likeness (QED) is 0.449. The van der Waals surface area contributed by atoms with Crippen molar-refractivity contribution in [3.8, 4) is 0 Å². The van der Waals surface area contributed by atoms with Crippen LogP contribution < -0.4 is 0 Å². The Morgan fingerprint density at radius 1 is 1.07 bits per heavy atom. The number of hydrogen-bond acceptors (Lipinski definition) is 4. The largest absolute Gasteiger partial charge is 0.494 e. The molecule has 0 saturated heterocycles. The van der Waals surface area contributed by atoms with Crippen molar-refractivity contribution in [3.05, 3.63) is 11.7 Å². The molecule has 0 aliphatic heterocycles. The van der Waals surface area contributed by atoms with Gasteiger partial charge in [0.15, 0.2) is 12.6 Å². The summed E-state index contributed by atoms with van der Waals surface area (Å²) in [6.45, 7) is 2.29. The molecule has 0 radical (unpaired) electrons. The normalized spacial score (nSPS) is 12.0. The Labute approximate surface area is 85.8 Å². The third kappa shape index (κ3) is 4.97. The molecule has 0 atom stereocenters. The number of hydrogen-bond donors (Lipinski definition) is 0. The lowest BCUT2D eigenvalue weighted by Crippen LogP contribution is -2.04. The zero-order valence-electron chi connectivity index (χ0n) is 9.46. The van der Waals surface area contributed by atoms with Crippen molar-refractivity contribution in [1.29, 1.82) is 0 Å². The van der Waals surface area contributed by atoms with Crippen LogP contribution in [-0.2, 0) is 18.9 Å². The standard InChI is InChI=1S/C10H20O4/c1-5-6-7-9(12-3)10(13-4)14-8-11-2/h5-8H2,1-4H3/b10-9-. The highest BCUT2D eigenvalue weighted by atomic mass is 16.7. The van der Waals surface area contributed by atoms with Gasteiger partial charge in [-0.25, -0.2) is 0 Å². The van der Waals surface area contributed by atoms with Crippen molar-refractivity contribution >= 4 is 0 Å². The van der Waals surface area contributed by atoms with E-state index in [2.05, 4.69) is 6.92 Å². The van der Waals surface area contributed by atoms with Gasteiger partial charge in [-0.15, -0.1) is 0 Å². The minimum Gasteiger partial charge on any atom is -0.494 e. The van der Waals surface area contributed by atoms with Gasteiger partial charge in [-0.05, 0) is 6.42 Å². The third-order valence-electron chi connectivity index (χ3n) is 1.72. The van der Waals surface area contributed by atoms with Crippen molar-refractivity contribution in [2.45, 2.75) is 26.2 Å². The molecule has 0 aliphatic carbocycles. The summed E-state index contributed by atoms with van der Waals surface area (Å²) in [4.78, 5) is 0. The van der Waals surface area contributed by atoms with Crippen LogP contribution in [-0.4, -0.2) is 28.1 Å². The Morgan fingerprint density at radius 2 is 1.79 bits per heavy atom. The van der Waals surface area contributed by atoms with E-state index in [1.807, 2.05) is 0 Å². The summed E-state index contributed by atoms with van der Waals surface area (Å²) in [5, 5.41) is 0. The second-order valence-corrected chi connectivity index (χ2v) is 2.77. The van der Waals surface area contributed by atoms with Crippen LogP contribution >= 0.6 is 0 Å². The first-order valence-electron chi connectivity index (χ1n) is 4.73. The molecule has 0 aromatic carbocycles. The van der Waals surface area contributed by atoms with E-state index in [9.17, 15) is 0 Å². The third-order valence-corrected chi connectivity index (χ3v) is 1.72. The monoisotopic (exact) mass is 204 g/mol. The molecule has 0 amide bonds. The van der Waals surface area contributed by atoms with E-state index in [0.717, 1.165) is 25.0 Å². The summed E-state index contributed by atoms with van der Waals surface area (Å²) in [5.41, 5.74) is 0. The van der Waals surface area contributed by atoms with Crippen molar-refractivity contribution < 1.29 is 18.9 Å². The van der Waals surface area contributed by atoms with Crippen molar-refractivity contribution in [2.75, 3.05) is 28.1 Å². The van der Waals surface area contributed by atoms with Crippen LogP contribution in [0.25, 0.3) is 0 Å². The van der Waals surface area contributed by atoms with E-state index in [1.54, 1.807) is 21.3 Å². The molecule has 0 aliphatic rings. The van der Waals surface area contributed by atoms with Gasteiger partial charge in [-0.2, -0.15) is 0 Å². The van der Waals surface area contributed by atoms with Gasteiger partial charge in [0.05, 0.1) is 14.2 Å². The summed E-state index contributed by atoms with van der Waals surface area (Å²) < 4.78 is 20.2. The van der Waals surface area contributed by atoms with Crippen molar-refractivity contribution in [1.82, 2.24) is 0 Å². The first kappa shape index (κ1) is 13.1. The minimum atomic E-state index is 0.169. The van der Waals surface area contributed by atoms with Crippen LogP contribution in [0.15, 0.2) is 11.7 Å². The smallest absolute Gasteiger partial charge is 0.320 e. The van der Waals surface area contributed by atoms with Crippen LogP contribution in [0.1, 0.15) is 26.2 Å². The van der Waals surface area contributed by atoms with Crippen LogP contribution in [0.4, 0.5) is 0 Å². The van der Waals surface area contributed by atoms with Crippen LogP contribution in [0, 0.1) is 0 Å². The highest BCUT2D eigenvalue weighted by Gasteiger charge is 2.08. The molecular weight excluding hydrogens is 184 g/mol. The maximum Gasteiger partial charge on any atom is 0.320 e. The van der Waals surface area contributed by atoms with E-state index in [0.29, 0.717) is 5.95 Å². The first-order valence-corrected chi connectivity index (χ1v) is 4.73. The fourth-order valence-corrected chi connectivity index (χ4v) is 0.990. The average molecular weight is 204 g/mol. The molecule has 0 heterocycles. The van der Waals surface area contributed by atoms with Gasteiger partial charge in [0, 0.05) is 13.5 Å². The topological polar surface area (TPSA) is 36.9 Å². The predicted molar refractivity (Wildman–Crippen MR) is 53.5 cm³/mol. The predicted octanol–water partition coefficient (Wildman–Crippen LogP) is 2.26. The zero-order chi connectivity index (χ0) is 10.8. The fourth-order valence-electron chi connectivity index (χ4n) is 0.990. The SMILES string of the molecule is CCCC/C(OC)=C(\OC)OCOC. The van der Waals surface area contributed by atoms with E-state index in [4.69, 9.17) is 18.9 Å². The number of unbranched alkanes of at least 4 members (excludes halogenated alkanes) is 1. The highest BCUT2D eigenvalue weighted by Crippen LogP contribution is 2.15. The summed E-state index contributed by atoms with van der Waals surface area (Å²) in [6.07, 6.45) is 2.97. The Bertz CT molecular complexity index is 148. The molecular formula is C10H20O4. The highest BCUT2D eigenvalue weighted by molar-refractivity contribution is 4.94. The van der Waals surface area contributed by atoms with E-state index in [1.165, 1.54) is 0 Å². The van der Waals surface area contributed by atoms with Crippen LogP contribution in [0.5, 0.6) is 0 Å². The molecule has 0 saturated carbocycles. The van der Waals surface area contributed by atoms with Gasteiger partial charge in [-0.1, -0.05) is 13.3 Å². The molecule has 0 aromatic rings. The molecule has 0 spiro atoms. The Kier molecular flexibility index (Phi) is 8.13. The molecule has 0 rings (SSSR count). The van der Waals surface area contributed by atoms with Gasteiger partial charge in [-0.3, -0.25) is 0 Å². The Hall–Kier alpha value is -0.900. The lowest BCUT2D eigenvalue weighted by Gasteiger charge is -2.12. The van der Waals surface area contributed by atoms with Crippen LogP contribution in [0.3, 0.4) is 0 Å². The van der Waals surface area contributed by atoms with Gasteiger partial charge in [0.2, 0.25) is 0 Å². The number of rotatable bonds is 8. The van der Waals surface area contributed by atoms with E-state index >= 15 is 0 Å².